The summed E-state index contributed by atoms with van der Waals surface area (Å²) in [6.07, 6.45) is 2.81. The Morgan fingerprint density at radius 2 is 1.84 bits per heavy atom. The zero-order valence-corrected chi connectivity index (χ0v) is 19.2. The third-order valence-electron chi connectivity index (χ3n) is 5.81. The molecule has 5 rings (SSSR count). The number of rotatable bonds is 7. The van der Waals surface area contributed by atoms with Gasteiger partial charge in [-0.3, -0.25) is 29.9 Å². The SMILES string of the molecule is O=C1NC(=O)N(Cc2ccco2)C(=O)C1=Cc1c(OCc2cccc([N+](=O)[O-])c2)ccc2ccccc12. The molecule has 2 heterocycles. The minimum absolute atomic E-state index is 0.0133. The van der Waals surface area contributed by atoms with Crippen LogP contribution in [0.2, 0.25) is 0 Å². The van der Waals surface area contributed by atoms with Gasteiger partial charge in [0.15, 0.2) is 0 Å². The van der Waals surface area contributed by atoms with Crippen molar-refractivity contribution in [3.63, 3.8) is 0 Å². The van der Waals surface area contributed by atoms with Crippen LogP contribution in [0.3, 0.4) is 0 Å². The summed E-state index contributed by atoms with van der Waals surface area (Å²) in [6.45, 7) is -0.132. The molecule has 1 aliphatic heterocycles. The average Bonchev–Trinajstić information content (AvgIpc) is 3.41. The molecule has 184 valence electrons. The number of hydrogen-bond donors (Lipinski definition) is 1. The summed E-state index contributed by atoms with van der Waals surface area (Å²) < 4.78 is 11.3. The fraction of sp³-hybridized carbons (Fsp3) is 0.0741. The molecule has 4 amide bonds. The van der Waals surface area contributed by atoms with E-state index < -0.39 is 22.8 Å². The number of nitrogens with one attached hydrogen (secondary N) is 1. The lowest BCUT2D eigenvalue weighted by Crippen LogP contribution is -2.53. The van der Waals surface area contributed by atoms with Crippen molar-refractivity contribution in [2.24, 2.45) is 0 Å². The number of fused-ring (bicyclic) bond motifs is 1. The summed E-state index contributed by atoms with van der Waals surface area (Å²) >= 11 is 0. The van der Waals surface area contributed by atoms with Crippen molar-refractivity contribution in [1.82, 2.24) is 10.2 Å². The summed E-state index contributed by atoms with van der Waals surface area (Å²) in [5, 5.41) is 14.9. The third kappa shape index (κ3) is 4.80. The number of non-ortho nitro benzene ring substituents is 1. The molecule has 1 aliphatic rings. The largest absolute Gasteiger partial charge is 0.488 e. The van der Waals surface area contributed by atoms with Crippen LogP contribution in [0.5, 0.6) is 5.75 Å². The molecule has 1 saturated heterocycles. The molecule has 0 spiro atoms. The first-order valence-electron chi connectivity index (χ1n) is 11.2. The number of amides is 4. The molecular formula is C27H19N3O7. The van der Waals surface area contributed by atoms with Crippen LogP contribution in [0.25, 0.3) is 16.8 Å². The number of barbiturate groups is 1. The van der Waals surface area contributed by atoms with Gasteiger partial charge in [-0.1, -0.05) is 42.5 Å². The molecule has 37 heavy (non-hydrogen) atoms. The second-order valence-electron chi connectivity index (χ2n) is 8.20. The highest BCUT2D eigenvalue weighted by Gasteiger charge is 2.36. The van der Waals surface area contributed by atoms with Gasteiger partial charge in [0.2, 0.25) is 0 Å². The third-order valence-corrected chi connectivity index (χ3v) is 5.81. The Bertz CT molecular complexity index is 1570. The lowest BCUT2D eigenvalue weighted by Gasteiger charge is -2.25. The Kier molecular flexibility index (Phi) is 6.21. The topological polar surface area (TPSA) is 132 Å². The number of urea groups is 1. The highest BCUT2D eigenvalue weighted by molar-refractivity contribution is 6.31. The van der Waals surface area contributed by atoms with Gasteiger partial charge in [0.05, 0.1) is 17.7 Å². The second-order valence-corrected chi connectivity index (χ2v) is 8.20. The lowest BCUT2D eigenvalue weighted by molar-refractivity contribution is -0.384. The fourth-order valence-electron chi connectivity index (χ4n) is 4.01. The van der Waals surface area contributed by atoms with Crippen molar-refractivity contribution in [2.45, 2.75) is 13.2 Å². The van der Waals surface area contributed by atoms with Crippen LogP contribution in [-0.2, 0) is 22.7 Å². The van der Waals surface area contributed by atoms with Gasteiger partial charge in [-0.2, -0.15) is 0 Å². The number of nitrogens with zero attached hydrogens (tertiary/aromatic N) is 2. The van der Waals surface area contributed by atoms with E-state index in [-0.39, 0.29) is 24.4 Å². The maximum absolute atomic E-state index is 13.2. The van der Waals surface area contributed by atoms with E-state index in [1.807, 2.05) is 30.3 Å². The molecular weight excluding hydrogens is 478 g/mol. The molecule has 4 aromatic rings. The van der Waals surface area contributed by atoms with Crippen molar-refractivity contribution in [3.05, 3.63) is 112 Å². The lowest BCUT2D eigenvalue weighted by atomic mass is 9.99. The van der Waals surface area contributed by atoms with E-state index in [9.17, 15) is 24.5 Å². The van der Waals surface area contributed by atoms with Gasteiger partial charge in [0.1, 0.15) is 23.7 Å². The summed E-state index contributed by atoms with van der Waals surface area (Å²) in [5.41, 5.74) is 0.715. The van der Waals surface area contributed by atoms with E-state index >= 15 is 0 Å². The number of imide groups is 2. The highest BCUT2D eigenvalue weighted by Crippen LogP contribution is 2.32. The molecule has 10 heteroatoms. The zero-order valence-electron chi connectivity index (χ0n) is 19.2. The van der Waals surface area contributed by atoms with Crippen LogP contribution in [0.15, 0.2) is 89.0 Å². The van der Waals surface area contributed by atoms with Crippen molar-refractivity contribution in [1.29, 1.82) is 0 Å². The first kappa shape index (κ1) is 23.5. The maximum Gasteiger partial charge on any atom is 0.331 e. The second kappa shape index (κ2) is 9.78. The number of nitro groups is 1. The van der Waals surface area contributed by atoms with Crippen molar-refractivity contribution in [2.75, 3.05) is 0 Å². The Labute approximate surface area is 209 Å². The minimum Gasteiger partial charge on any atom is -0.488 e. The van der Waals surface area contributed by atoms with Gasteiger partial charge in [0.25, 0.3) is 17.5 Å². The molecule has 0 radical (unpaired) electrons. The van der Waals surface area contributed by atoms with Crippen LogP contribution in [-0.4, -0.2) is 27.7 Å². The first-order chi connectivity index (χ1) is 17.9. The predicted octanol–water partition coefficient (Wildman–Crippen LogP) is 4.58. The quantitative estimate of drug-likeness (QED) is 0.171. The summed E-state index contributed by atoms with van der Waals surface area (Å²) in [7, 11) is 0. The highest BCUT2D eigenvalue weighted by atomic mass is 16.6. The number of ether oxygens (including phenoxy) is 1. The number of benzene rings is 3. The molecule has 0 unspecified atom stereocenters. The number of carbonyl (C=O) groups is 3. The molecule has 1 fully saturated rings. The monoisotopic (exact) mass is 497 g/mol. The van der Waals surface area contributed by atoms with Gasteiger partial charge in [-0.25, -0.2) is 4.79 Å². The molecule has 1 N–H and O–H groups in total. The minimum atomic E-state index is -0.844. The van der Waals surface area contributed by atoms with Crippen LogP contribution in [0.1, 0.15) is 16.9 Å². The summed E-state index contributed by atoms with van der Waals surface area (Å²) in [4.78, 5) is 49.9. The van der Waals surface area contributed by atoms with Gasteiger partial charge >= 0.3 is 6.03 Å². The molecule has 10 nitrogen and oxygen atoms in total. The van der Waals surface area contributed by atoms with E-state index in [2.05, 4.69) is 5.32 Å². The Morgan fingerprint density at radius 3 is 2.62 bits per heavy atom. The van der Waals surface area contributed by atoms with Crippen LogP contribution in [0.4, 0.5) is 10.5 Å². The molecule has 1 aromatic heterocycles. The van der Waals surface area contributed by atoms with Crippen molar-refractivity contribution >= 4 is 40.4 Å². The molecule has 0 aliphatic carbocycles. The van der Waals surface area contributed by atoms with Crippen LogP contribution >= 0.6 is 0 Å². The molecule has 0 saturated carbocycles. The van der Waals surface area contributed by atoms with Crippen LogP contribution in [0, 0.1) is 10.1 Å². The standard InChI is InChI=1S/C27H19N3O7/c31-25-23(26(32)29(27(33)28-25)15-20-8-4-12-36-20)14-22-21-9-2-1-6-18(21)10-11-24(22)37-16-17-5-3-7-19(13-17)30(34)35/h1-14H,15-16H2,(H,28,31,33). The smallest absolute Gasteiger partial charge is 0.331 e. The predicted molar refractivity (Wildman–Crippen MR) is 132 cm³/mol. The Hall–Kier alpha value is -5.25. The van der Waals surface area contributed by atoms with Gasteiger partial charge < -0.3 is 9.15 Å². The Balaban J connectivity index is 1.53. The van der Waals surface area contributed by atoms with E-state index in [1.54, 1.807) is 30.3 Å². The van der Waals surface area contributed by atoms with Gasteiger partial charge in [-0.15, -0.1) is 0 Å². The first-order valence-corrected chi connectivity index (χ1v) is 11.2. The molecule has 0 atom stereocenters. The van der Waals surface area contributed by atoms with Crippen molar-refractivity contribution in [3.8, 4) is 5.75 Å². The number of hydrogen-bond acceptors (Lipinski definition) is 7. The average molecular weight is 497 g/mol. The Morgan fingerprint density at radius 1 is 1.00 bits per heavy atom. The van der Waals surface area contributed by atoms with Gasteiger partial charge in [-0.05, 0) is 40.6 Å². The number of carbonyl (C=O) groups excluding carboxylic acids is 3. The number of nitro benzene ring substituents is 1. The molecule has 3 aromatic carbocycles. The van der Waals surface area contributed by atoms with E-state index in [0.717, 1.165) is 10.3 Å². The molecule has 0 bridgehead atoms. The zero-order chi connectivity index (χ0) is 25.9. The van der Waals surface area contributed by atoms with E-state index in [4.69, 9.17) is 9.15 Å². The summed E-state index contributed by atoms with van der Waals surface area (Å²) in [5.74, 6) is -0.873. The van der Waals surface area contributed by atoms with E-state index in [1.165, 1.54) is 24.5 Å². The normalized spacial score (nSPS) is 14.8. The van der Waals surface area contributed by atoms with Gasteiger partial charge in [0, 0.05) is 17.7 Å². The maximum atomic E-state index is 13.2. The fourth-order valence-corrected chi connectivity index (χ4v) is 4.01. The summed E-state index contributed by atoms with van der Waals surface area (Å²) in [6, 6.07) is 19.3. The number of furan rings is 1. The van der Waals surface area contributed by atoms with Crippen LogP contribution < -0.4 is 10.1 Å². The van der Waals surface area contributed by atoms with E-state index in [0.29, 0.717) is 28.0 Å². The van der Waals surface area contributed by atoms with Crippen molar-refractivity contribution < 1.29 is 28.5 Å².